The van der Waals surface area contributed by atoms with E-state index >= 15 is 0 Å². The highest BCUT2D eigenvalue weighted by Gasteiger charge is 2.14. The van der Waals surface area contributed by atoms with E-state index in [1.165, 1.54) is 6.42 Å². The van der Waals surface area contributed by atoms with E-state index in [-0.39, 0.29) is 25.0 Å². The first-order valence-electron chi connectivity index (χ1n) is 7.66. The third-order valence-corrected chi connectivity index (χ3v) is 3.60. The summed E-state index contributed by atoms with van der Waals surface area (Å²) in [6, 6.07) is 9.09. The molecule has 1 unspecified atom stereocenters. The Balaban J connectivity index is 1.52. The van der Waals surface area contributed by atoms with Gasteiger partial charge in [-0.3, -0.25) is 9.59 Å². The Bertz CT molecular complexity index is 473. The molecule has 6 heteroatoms. The minimum Gasteiger partial charge on any atom is -0.484 e. The largest absolute Gasteiger partial charge is 0.484 e. The summed E-state index contributed by atoms with van der Waals surface area (Å²) in [5.74, 6) is 0.805. The standard InChI is InChI=1S/C16H23N3O3/c20-15(18-9-7-13-6-8-17-10-13)11-19-16(21)12-22-14-4-2-1-3-5-14/h1-5,13,17H,6-12H2,(H,18,20)(H,19,21). The van der Waals surface area contributed by atoms with E-state index in [0.29, 0.717) is 18.2 Å². The van der Waals surface area contributed by atoms with Gasteiger partial charge in [-0.1, -0.05) is 18.2 Å². The molecule has 3 N–H and O–H groups in total. The number of para-hydroxylation sites is 1. The summed E-state index contributed by atoms with van der Waals surface area (Å²) in [5.41, 5.74) is 0. The van der Waals surface area contributed by atoms with E-state index in [2.05, 4.69) is 16.0 Å². The topological polar surface area (TPSA) is 79.5 Å². The Labute approximate surface area is 130 Å². The molecular formula is C16H23N3O3. The van der Waals surface area contributed by atoms with Gasteiger partial charge >= 0.3 is 0 Å². The first-order chi connectivity index (χ1) is 10.7. The summed E-state index contributed by atoms with van der Waals surface area (Å²) in [7, 11) is 0. The maximum atomic E-state index is 11.6. The summed E-state index contributed by atoms with van der Waals surface area (Å²) < 4.78 is 5.30. The Morgan fingerprint density at radius 1 is 1.18 bits per heavy atom. The summed E-state index contributed by atoms with van der Waals surface area (Å²) in [5, 5.41) is 8.65. The molecule has 1 fully saturated rings. The van der Waals surface area contributed by atoms with Crippen LogP contribution >= 0.6 is 0 Å². The van der Waals surface area contributed by atoms with Crippen LogP contribution in [-0.4, -0.2) is 44.6 Å². The second-order valence-corrected chi connectivity index (χ2v) is 5.38. The molecule has 2 rings (SSSR count). The fourth-order valence-corrected chi connectivity index (χ4v) is 2.33. The second kappa shape index (κ2) is 9.04. The van der Waals surface area contributed by atoms with Crippen molar-refractivity contribution < 1.29 is 14.3 Å². The van der Waals surface area contributed by atoms with Crippen LogP contribution in [0.2, 0.25) is 0 Å². The zero-order valence-corrected chi connectivity index (χ0v) is 12.6. The van der Waals surface area contributed by atoms with Gasteiger partial charge < -0.3 is 20.7 Å². The van der Waals surface area contributed by atoms with Gasteiger partial charge in [0.05, 0.1) is 6.54 Å². The van der Waals surface area contributed by atoms with E-state index in [9.17, 15) is 9.59 Å². The molecule has 0 aliphatic carbocycles. The molecule has 1 heterocycles. The highest BCUT2D eigenvalue weighted by Crippen LogP contribution is 2.10. The molecular weight excluding hydrogens is 282 g/mol. The summed E-state index contributed by atoms with van der Waals surface area (Å²) in [6.07, 6.45) is 2.15. The Hall–Kier alpha value is -2.08. The lowest BCUT2D eigenvalue weighted by Crippen LogP contribution is -2.39. The predicted molar refractivity (Wildman–Crippen MR) is 83.6 cm³/mol. The molecule has 1 saturated heterocycles. The molecule has 6 nitrogen and oxygen atoms in total. The van der Waals surface area contributed by atoms with E-state index in [1.54, 1.807) is 12.1 Å². The molecule has 22 heavy (non-hydrogen) atoms. The van der Waals surface area contributed by atoms with Crippen molar-refractivity contribution in [2.24, 2.45) is 5.92 Å². The maximum absolute atomic E-state index is 11.6. The van der Waals surface area contributed by atoms with Crippen LogP contribution < -0.4 is 20.7 Å². The highest BCUT2D eigenvalue weighted by molar-refractivity contribution is 5.85. The first-order valence-corrected chi connectivity index (χ1v) is 7.66. The average Bonchev–Trinajstić information content (AvgIpc) is 3.05. The molecule has 1 aliphatic rings. The van der Waals surface area contributed by atoms with Crippen LogP contribution in [0.15, 0.2) is 30.3 Å². The van der Waals surface area contributed by atoms with Crippen LogP contribution in [0.1, 0.15) is 12.8 Å². The van der Waals surface area contributed by atoms with Crippen LogP contribution in [-0.2, 0) is 9.59 Å². The minimum atomic E-state index is -0.306. The number of hydrogen-bond acceptors (Lipinski definition) is 4. The maximum Gasteiger partial charge on any atom is 0.258 e. The van der Waals surface area contributed by atoms with Gasteiger partial charge in [-0.2, -0.15) is 0 Å². The van der Waals surface area contributed by atoms with Gasteiger partial charge in [0.15, 0.2) is 6.61 Å². The number of amides is 2. The minimum absolute atomic E-state index is 0.0140. The Morgan fingerprint density at radius 3 is 2.73 bits per heavy atom. The van der Waals surface area contributed by atoms with Gasteiger partial charge in [-0.25, -0.2) is 0 Å². The SMILES string of the molecule is O=C(CNC(=O)COc1ccccc1)NCCC1CCNC1. The molecule has 2 amide bonds. The molecule has 1 aromatic rings. The third-order valence-electron chi connectivity index (χ3n) is 3.60. The summed E-state index contributed by atoms with van der Waals surface area (Å²) >= 11 is 0. The van der Waals surface area contributed by atoms with Crippen LogP contribution in [0.5, 0.6) is 5.75 Å². The second-order valence-electron chi connectivity index (χ2n) is 5.38. The van der Waals surface area contributed by atoms with Crippen molar-refractivity contribution in [3.05, 3.63) is 30.3 Å². The van der Waals surface area contributed by atoms with E-state index in [4.69, 9.17) is 4.74 Å². The van der Waals surface area contributed by atoms with Gasteiger partial charge in [0.2, 0.25) is 5.91 Å². The van der Waals surface area contributed by atoms with E-state index < -0.39 is 0 Å². The number of ether oxygens (including phenoxy) is 1. The molecule has 0 saturated carbocycles. The van der Waals surface area contributed by atoms with Crippen LogP contribution in [0.25, 0.3) is 0 Å². The van der Waals surface area contributed by atoms with Crippen molar-refractivity contribution in [3.63, 3.8) is 0 Å². The first kappa shape index (κ1) is 16.3. The van der Waals surface area contributed by atoms with Crippen LogP contribution in [0, 0.1) is 5.92 Å². The lowest BCUT2D eigenvalue weighted by Gasteiger charge is -2.10. The lowest BCUT2D eigenvalue weighted by molar-refractivity contribution is -0.127. The third kappa shape index (κ3) is 6.13. The smallest absolute Gasteiger partial charge is 0.258 e. The molecule has 0 spiro atoms. The zero-order chi connectivity index (χ0) is 15.6. The van der Waals surface area contributed by atoms with E-state index in [1.807, 2.05) is 18.2 Å². The lowest BCUT2D eigenvalue weighted by atomic mass is 10.1. The van der Waals surface area contributed by atoms with Gasteiger partial charge in [0.1, 0.15) is 5.75 Å². The van der Waals surface area contributed by atoms with Crippen molar-refractivity contribution in [1.82, 2.24) is 16.0 Å². The summed E-state index contributed by atoms with van der Waals surface area (Å²) in [6.45, 7) is 2.64. The molecule has 0 radical (unpaired) electrons. The fourth-order valence-electron chi connectivity index (χ4n) is 2.33. The van der Waals surface area contributed by atoms with Gasteiger partial charge in [-0.15, -0.1) is 0 Å². The quantitative estimate of drug-likeness (QED) is 0.645. The van der Waals surface area contributed by atoms with E-state index in [0.717, 1.165) is 19.5 Å². The van der Waals surface area contributed by atoms with Crippen molar-refractivity contribution >= 4 is 11.8 Å². The summed E-state index contributed by atoms with van der Waals surface area (Å²) in [4.78, 5) is 23.2. The number of rotatable bonds is 8. The number of carbonyl (C=O) groups excluding carboxylic acids is 2. The van der Waals surface area contributed by atoms with Gasteiger partial charge in [0.25, 0.3) is 5.91 Å². The molecule has 0 bridgehead atoms. The molecule has 1 atom stereocenters. The van der Waals surface area contributed by atoms with Gasteiger partial charge in [-0.05, 0) is 44.0 Å². The van der Waals surface area contributed by atoms with Crippen LogP contribution in [0.3, 0.4) is 0 Å². The normalized spacial score (nSPS) is 17.0. The van der Waals surface area contributed by atoms with Gasteiger partial charge in [0, 0.05) is 6.54 Å². The number of benzene rings is 1. The predicted octanol–water partition coefficient (Wildman–Crippen LogP) is 0.297. The molecule has 1 aromatic carbocycles. The Kier molecular flexibility index (Phi) is 6.70. The van der Waals surface area contributed by atoms with Crippen molar-refractivity contribution in [2.75, 3.05) is 32.8 Å². The average molecular weight is 305 g/mol. The number of hydrogen-bond donors (Lipinski definition) is 3. The zero-order valence-electron chi connectivity index (χ0n) is 12.6. The van der Waals surface area contributed by atoms with Crippen molar-refractivity contribution in [3.8, 4) is 5.75 Å². The molecule has 120 valence electrons. The number of carbonyl (C=O) groups is 2. The highest BCUT2D eigenvalue weighted by atomic mass is 16.5. The monoisotopic (exact) mass is 305 g/mol. The Morgan fingerprint density at radius 2 is 2.00 bits per heavy atom. The molecule has 0 aromatic heterocycles. The fraction of sp³-hybridized carbons (Fsp3) is 0.500. The molecule has 1 aliphatic heterocycles. The van der Waals surface area contributed by atoms with Crippen LogP contribution in [0.4, 0.5) is 0 Å². The van der Waals surface area contributed by atoms with Crippen molar-refractivity contribution in [2.45, 2.75) is 12.8 Å². The van der Waals surface area contributed by atoms with Crippen molar-refractivity contribution in [1.29, 1.82) is 0 Å². The number of nitrogens with one attached hydrogen (secondary N) is 3.